The SMILES string of the molecule is CCCCCC(C)C(C)c1cc(OC(=O)CCN2CCCCC2)c2c(c1)OC(C)(C)C1=C2CC(C)C1. The Morgan fingerprint density at radius 3 is 2.61 bits per heavy atom. The maximum Gasteiger partial charge on any atom is 0.312 e. The maximum absolute atomic E-state index is 13.1. The number of hydrogen-bond donors (Lipinski definition) is 0. The molecule has 0 radical (unpaired) electrons. The third-order valence-corrected chi connectivity index (χ3v) is 8.90. The van der Waals surface area contributed by atoms with Crippen molar-refractivity contribution in [3.63, 3.8) is 0 Å². The highest BCUT2D eigenvalue weighted by atomic mass is 16.5. The van der Waals surface area contributed by atoms with Crippen LogP contribution in [0.25, 0.3) is 5.57 Å². The van der Waals surface area contributed by atoms with Crippen molar-refractivity contribution in [1.29, 1.82) is 0 Å². The third kappa shape index (κ3) is 6.18. The number of ether oxygens (including phenoxy) is 2. The van der Waals surface area contributed by atoms with Crippen LogP contribution in [0.3, 0.4) is 0 Å². The molecule has 3 unspecified atom stereocenters. The van der Waals surface area contributed by atoms with Gasteiger partial charge in [0.15, 0.2) is 0 Å². The summed E-state index contributed by atoms with van der Waals surface area (Å²) in [5.41, 5.74) is 4.67. The number of rotatable bonds is 10. The summed E-state index contributed by atoms with van der Waals surface area (Å²) in [4.78, 5) is 15.5. The quantitative estimate of drug-likeness (QED) is 0.186. The minimum atomic E-state index is -0.322. The van der Waals surface area contributed by atoms with Gasteiger partial charge in [-0.25, -0.2) is 0 Å². The molecule has 0 spiro atoms. The molecular formula is C32H49NO3. The van der Waals surface area contributed by atoms with Crippen LogP contribution < -0.4 is 9.47 Å². The van der Waals surface area contributed by atoms with Crippen molar-refractivity contribution in [3.05, 3.63) is 28.8 Å². The highest BCUT2D eigenvalue weighted by Crippen LogP contribution is 2.54. The first kappa shape index (κ1) is 27.2. The second-order valence-electron chi connectivity index (χ2n) is 12.4. The van der Waals surface area contributed by atoms with Gasteiger partial charge in [0.2, 0.25) is 0 Å². The Hall–Kier alpha value is -1.81. The fourth-order valence-electron chi connectivity index (χ4n) is 6.45. The van der Waals surface area contributed by atoms with Gasteiger partial charge in [0.05, 0.1) is 12.0 Å². The lowest BCUT2D eigenvalue weighted by atomic mass is 9.82. The Bertz CT molecular complexity index is 956. The Morgan fingerprint density at radius 1 is 1.14 bits per heavy atom. The monoisotopic (exact) mass is 495 g/mol. The first-order valence-corrected chi connectivity index (χ1v) is 14.7. The fourth-order valence-corrected chi connectivity index (χ4v) is 6.45. The van der Waals surface area contributed by atoms with Crippen molar-refractivity contribution in [2.24, 2.45) is 11.8 Å². The molecule has 36 heavy (non-hydrogen) atoms. The maximum atomic E-state index is 13.1. The highest BCUT2D eigenvalue weighted by Gasteiger charge is 2.41. The zero-order chi connectivity index (χ0) is 25.9. The molecule has 0 N–H and O–H groups in total. The molecule has 0 saturated carbocycles. The number of likely N-dealkylation sites (tertiary alicyclic amines) is 1. The number of carbonyl (C=O) groups is 1. The van der Waals surface area contributed by atoms with Crippen LogP contribution >= 0.6 is 0 Å². The smallest absolute Gasteiger partial charge is 0.312 e. The van der Waals surface area contributed by atoms with E-state index in [1.165, 1.54) is 61.7 Å². The van der Waals surface area contributed by atoms with Crippen molar-refractivity contribution in [2.75, 3.05) is 19.6 Å². The first-order chi connectivity index (χ1) is 17.2. The van der Waals surface area contributed by atoms with E-state index in [1.807, 2.05) is 0 Å². The summed E-state index contributed by atoms with van der Waals surface area (Å²) in [6.45, 7) is 16.6. The molecule has 1 aromatic carbocycles. The predicted molar refractivity (Wildman–Crippen MR) is 149 cm³/mol. The van der Waals surface area contributed by atoms with Crippen LogP contribution in [0.5, 0.6) is 11.5 Å². The molecule has 4 rings (SSSR count). The number of carbonyl (C=O) groups excluding carboxylic acids is 1. The number of allylic oxidation sites excluding steroid dienone is 1. The summed E-state index contributed by atoms with van der Waals surface area (Å²) < 4.78 is 12.9. The molecular weight excluding hydrogens is 446 g/mol. The third-order valence-electron chi connectivity index (χ3n) is 8.90. The van der Waals surface area contributed by atoms with Gasteiger partial charge in [0.25, 0.3) is 0 Å². The number of hydrogen-bond acceptors (Lipinski definition) is 4. The van der Waals surface area contributed by atoms with Gasteiger partial charge in [-0.15, -0.1) is 0 Å². The van der Waals surface area contributed by atoms with Crippen molar-refractivity contribution < 1.29 is 14.3 Å². The van der Waals surface area contributed by atoms with Crippen LogP contribution in [-0.2, 0) is 4.79 Å². The fraction of sp³-hybridized carbons (Fsp3) is 0.719. The predicted octanol–water partition coefficient (Wildman–Crippen LogP) is 8.14. The van der Waals surface area contributed by atoms with Crippen LogP contribution in [0.1, 0.15) is 123 Å². The molecule has 0 bridgehead atoms. The van der Waals surface area contributed by atoms with Gasteiger partial charge in [-0.1, -0.05) is 59.8 Å². The molecule has 200 valence electrons. The summed E-state index contributed by atoms with van der Waals surface area (Å²) in [6, 6.07) is 4.41. The highest BCUT2D eigenvalue weighted by molar-refractivity contribution is 5.85. The summed E-state index contributed by atoms with van der Waals surface area (Å²) in [7, 11) is 0. The number of fused-ring (bicyclic) bond motifs is 2. The molecule has 1 aliphatic carbocycles. The van der Waals surface area contributed by atoms with E-state index in [4.69, 9.17) is 9.47 Å². The number of esters is 1. The largest absolute Gasteiger partial charge is 0.483 e. The van der Waals surface area contributed by atoms with Gasteiger partial charge in [0, 0.05) is 6.54 Å². The minimum absolute atomic E-state index is 0.124. The molecule has 1 fully saturated rings. The summed E-state index contributed by atoms with van der Waals surface area (Å²) in [5.74, 6) is 3.02. The van der Waals surface area contributed by atoms with Crippen molar-refractivity contribution in [2.45, 2.75) is 117 Å². The average molecular weight is 496 g/mol. The van der Waals surface area contributed by atoms with Gasteiger partial charge in [0.1, 0.15) is 17.1 Å². The lowest BCUT2D eigenvalue weighted by Crippen LogP contribution is -2.34. The molecule has 4 heteroatoms. The first-order valence-electron chi connectivity index (χ1n) is 14.7. The molecule has 3 atom stereocenters. The molecule has 4 nitrogen and oxygen atoms in total. The van der Waals surface area contributed by atoms with Gasteiger partial charge < -0.3 is 14.4 Å². The van der Waals surface area contributed by atoms with Crippen LogP contribution in [0.15, 0.2) is 17.7 Å². The second-order valence-corrected chi connectivity index (χ2v) is 12.4. The van der Waals surface area contributed by atoms with Gasteiger partial charge in [-0.05, 0) is 99.2 Å². The minimum Gasteiger partial charge on any atom is -0.483 e. The Labute approximate surface area is 219 Å². The van der Waals surface area contributed by atoms with Crippen LogP contribution in [-0.4, -0.2) is 36.1 Å². The molecule has 1 saturated heterocycles. The van der Waals surface area contributed by atoms with E-state index >= 15 is 0 Å². The number of nitrogens with zero attached hydrogens (tertiary/aromatic N) is 1. The van der Waals surface area contributed by atoms with E-state index < -0.39 is 0 Å². The molecule has 0 amide bonds. The lowest BCUT2D eigenvalue weighted by Gasteiger charge is -2.36. The van der Waals surface area contributed by atoms with Crippen LogP contribution in [0.2, 0.25) is 0 Å². The zero-order valence-corrected chi connectivity index (χ0v) is 23.8. The second kappa shape index (κ2) is 11.7. The molecule has 2 heterocycles. The van der Waals surface area contributed by atoms with Crippen LogP contribution in [0, 0.1) is 11.8 Å². The average Bonchev–Trinajstić information content (AvgIpc) is 3.25. The Balaban J connectivity index is 1.62. The summed E-state index contributed by atoms with van der Waals surface area (Å²) in [5, 5.41) is 0. The Kier molecular flexibility index (Phi) is 8.86. The van der Waals surface area contributed by atoms with Gasteiger partial charge in [-0.2, -0.15) is 0 Å². The summed E-state index contributed by atoms with van der Waals surface area (Å²) >= 11 is 0. The van der Waals surface area contributed by atoms with E-state index in [-0.39, 0.29) is 11.6 Å². The molecule has 1 aromatic rings. The topological polar surface area (TPSA) is 38.8 Å². The van der Waals surface area contributed by atoms with Gasteiger partial charge in [-0.3, -0.25) is 4.79 Å². The van der Waals surface area contributed by atoms with Crippen molar-refractivity contribution in [3.8, 4) is 11.5 Å². The van der Waals surface area contributed by atoms with Gasteiger partial charge >= 0.3 is 5.97 Å². The number of piperidine rings is 1. The number of benzene rings is 1. The van der Waals surface area contributed by atoms with E-state index in [0.717, 1.165) is 49.5 Å². The zero-order valence-electron chi connectivity index (χ0n) is 23.8. The summed E-state index contributed by atoms with van der Waals surface area (Å²) in [6.07, 6.45) is 11.3. The molecule has 2 aliphatic heterocycles. The van der Waals surface area contributed by atoms with E-state index in [9.17, 15) is 4.79 Å². The standard InChI is InChI=1S/C32H49NO3/c1-7-8-10-13-23(3)24(4)25-20-28(35-30(34)14-17-33-15-11-9-12-16-33)31-26-18-22(2)19-27(26)32(5,6)36-29(31)21-25/h20-24H,7-19H2,1-6H3. The van der Waals surface area contributed by atoms with Crippen molar-refractivity contribution >= 4 is 11.5 Å². The molecule has 0 aromatic heterocycles. The van der Waals surface area contributed by atoms with E-state index in [0.29, 0.717) is 24.2 Å². The van der Waals surface area contributed by atoms with Crippen molar-refractivity contribution in [1.82, 2.24) is 4.90 Å². The Morgan fingerprint density at radius 2 is 1.89 bits per heavy atom. The lowest BCUT2D eigenvalue weighted by molar-refractivity contribution is -0.134. The molecule has 3 aliphatic rings. The number of unbranched alkanes of at least 4 members (excludes halogenated alkanes) is 2. The van der Waals surface area contributed by atoms with Crippen LogP contribution in [0.4, 0.5) is 0 Å². The van der Waals surface area contributed by atoms with E-state index in [1.54, 1.807) is 0 Å². The normalized spacial score (nSPS) is 23.0. The van der Waals surface area contributed by atoms with E-state index in [2.05, 4.69) is 58.6 Å².